The maximum atomic E-state index is 4.98. The van der Waals surface area contributed by atoms with E-state index in [1.54, 1.807) is 0 Å². The van der Waals surface area contributed by atoms with Crippen LogP contribution < -0.4 is 0 Å². The standard InChI is InChI=1S/C42H26N4/c1-3-12-27(13-4-1)40-44-41(28-14-5-2-6-15-28)46-42(45-40)30-17-9-16-29(26-30)31-23-24-37-38-34(31)20-10-21-35(38)32-18-7-8-19-33(32)36-22-11-25-43-39(36)37/h1-26H. The summed E-state index contributed by atoms with van der Waals surface area (Å²) in [5.41, 5.74) is 12.1. The minimum absolute atomic E-state index is 0.640. The van der Waals surface area contributed by atoms with E-state index in [9.17, 15) is 0 Å². The van der Waals surface area contributed by atoms with E-state index in [2.05, 4.69) is 84.9 Å². The van der Waals surface area contributed by atoms with E-state index in [1.807, 2.05) is 72.9 Å². The first-order valence-corrected chi connectivity index (χ1v) is 15.4. The lowest BCUT2D eigenvalue weighted by Crippen LogP contribution is -2.00. The zero-order valence-corrected chi connectivity index (χ0v) is 24.8. The van der Waals surface area contributed by atoms with Crippen molar-refractivity contribution in [1.29, 1.82) is 0 Å². The number of pyridine rings is 1. The topological polar surface area (TPSA) is 51.6 Å². The second-order valence-electron chi connectivity index (χ2n) is 11.5. The molecule has 4 heteroatoms. The highest BCUT2D eigenvalue weighted by atomic mass is 15.0. The predicted octanol–water partition coefficient (Wildman–Crippen LogP) is 10.4. The molecule has 0 saturated carbocycles. The second kappa shape index (κ2) is 10.7. The van der Waals surface area contributed by atoms with Gasteiger partial charge in [0.2, 0.25) is 0 Å². The van der Waals surface area contributed by atoms with Gasteiger partial charge in [0.1, 0.15) is 0 Å². The SMILES string of the molecule is c1ccc(-c2nc(-c3ccccc3)nc(-c3cccc(-c4ccc5c6c(cccc46)-c4ccccc4-c4cccnc4-5)c3)n2)cc1. The Morgan fingerprint density at radius 2 is 0.848 bits per heavy atom. The molecule has 1 aliphatic rings. The van der Waals surface area contributed by atoms with Crippen molar-refractivity contribution in [1.82, 2.24) is 19.9 Å². The number of nitrogens with zero attached hydrogens (tertiary/aromatic N) is 4. The molecule has 1 aliphatic carbocycles. The molecule has 0 saturated heterocycles. The van der Waals surface area contributed by atoms with E-state index in [0.29, 0.717) is 17.5 Å². The number of rotatable bonds is 4. The highest BCUT2D eigenvalue weighted by Gasteiger charge is 2.23. The van der Waals surface area contributed by atoms with Gasteiger partial charge >= 0.3 is 0 Å². The molecule has 4 nitrogen and oxygen atoms in total. The van der Waals surface area contributed by atoms with Crippen LogP contribution in [0.1, 0.15) is 0 Å². The van der Waals surface area contributed by atoms with E-state index in [-0.39, 0.29) is 0 Å². The normalized spacial score (nSPS) is 11.5. The first-order valence-electron chi connectivity index (χ1n) is 15.4. The molecular weight excluding hydrogens is 560 g/mol. The van der Waals surface area contributed by atoms with Gasteiger partial charge in [-0.05, 0) is 50.7 Å². The van der Waals surface area contributed by atoms with Gasteiger partial charge in [-0.25, -0.2) is 15.0 Å². The van der Waals surface area contributed by atoms with Crippen molar-refractivity contribution in [3.05, 3.63) is 158 Å². The Balaban J connectivity index is 1.24. The first kappa shape index (κ1) is 26.2. The molecule has 6 aromatic carbocycles. The number of benzene rings is 6. The van der Waals surface area contributed by atoms with Crippen molar-refractivity contribution in [2.75, 3.05) is 0 Å². The molecular formula is C42H26N4. The van der Waals surface area contributed by atoms with Crippen LogP contribution in [0.15, 0.2) is 158 Å². The number of fused-ring (bicyclic) bond motifs is 5. The Hall–Kier alpha value is -6.26. The summed E-state index contributed by atoms with van der Waals surface area (Å²) in [6.45, 7) is 0. The van der Waals surface area contributed by atoms with E-state index in [4.69, 9.17) is 19.9 Å². The Labute approximate surface area is 266 Å². The number of aromatic nitrogens is 4. The Bertz CT molecular complexity index is 2310. The second-order valence-corrected chi connectivity index (χ2v) is 11.5. The van der Waals surface area contributed by atoms with Crippen molar-refractivity contribution < 1.29 is 0 Å². The summed E-state index contributed by atoms with van der Waals surface area (Å²) in [6, 6.07) is 52.6. The highest BCUT2D eigenvalue weighted by Crippen LogP contribution is 2.48. The van der Waals surface area contributed by atoms with Crippen molar-refractivity contribution in [2.24, 2.45) is 0 Å². The third kappa shape index (κ3) is 4.31. The van der Waals surface area contributed by atoms with Gasteiger partial charge in [-0.3, -0.25) is 4.98 Å². The Morgan fingerprint density at radius 1 is 0.326 bits per heavy atom. The fraction of sp³-hybridized carbons (Fsp3) is 0. The van der Waals surface area contributed by atoms with Gasteiger partial charge in [-0.15, -0.1) is 0 Å². The Morgan fingerprint density at radius 3 is 1.57 bits per heavy atom. The average Bonchev–Trinajstić information content (AvgIpc) is 3.26. The van der Waals surface area contributed by atoms with Crippen LogP contribution in [0, 0.1) is 0 Å². The molecule has 2 aromatic heterocycles. The van der Waals surface area contributed by atoms with Crippen molar-refractivity contribution in [3.63, 3.8) is 0 Å². The maximum Gasteiger partial charge on any atom is 0.164 e. The molecule has 0 bridgehead atoms. The largest absolute Gasteiger partial charge is 0.256 e. The van der Waals surface area contributed by atoms with Gasteiger partial charge in [0, 0.05) is 34.0 Å². The summed E-state index contributed by atoms with van der Waals surface area (Å²) in [7, 11) is 0. The van der Waals surface area contributed by atoms with Gasteiger partial charge in [0.15, 0.2) is 17.5 Å². The van der Waals surface area contributed by atoms with Crippen molar-refractivity contribution >= 4 is 10.8 Å². The van der Waals surface area contributed by atoms with Gasteiger partial charge in [-0.1, -0.05) is 140 Å². The van der Waals surface area contributed by atoms with E-state index >= 15 is 0 Å². The van der Waals surface area contributed by atoms with Crippen LogP contribution >= 0.6 is 0 Å². The van der Waals surface area contributed by atoms with Crippen LogP contribution in [0.5, 0.6) is 0 Å². The molecule has 0 spiro atoms. The van der Waals surface area contributed by atoms with Gasteiger partial charge in [-0.2, -0.15) is 0 Å². The molecule has 0 aliphatic heterocycles. The van der Waals surface area contributed by atoms with Gasteiger partial charge < -0.3 is 0 Å². The molecule has 0 fully saturated rings. The lowest BCUT2D eigenvalue weighted by molar-refractivity contribution is 1.07. The van der Waals surface area contributed by atoms with Gasteiger partial charge in [0.25, 0.3) is 0 Å². The minimum Gasteiger partial charge on any atom is -0.256 e. The van der Waals surface area contributed by atoms with Crippen LogP contribution in [0.2, 0.25) is 0 Å². The van der Waals surface area contributed by atoms with E-state index < -0.39 is 0 Å². The summed E-state index contributed by atoms with van der Waals surface area (Å²) < 4.78 is 0. The van der Waals surface area contributed by atoms with Crippen LogP contribution in [-0.2, 0) is 0 Å². The third-order valence-corrected chi connectivity index (χ3v) is 8.74. The lowest BCUT2D eigenvalue weighted by Gasteiger charge is -2.15. The van der Waals surface area contributed by atoms with Crippen molar-refractivity contribution in [3.8, 4) is 78.8 Å². The first-order chi connectivity index (χ1) is 22.8. The molecule has 214 valence electrons. The average molecular weight is 587 g/mol. The molecule has 46 heavy (non-hydrogen) atoms. The molecule has 0 N–H and O–H groups in total. The predicted molar refractivity (Wildman–Crippen MR) is 187 cm³/mol. The molecule has 2 heterocycles. The van der Waals surface area contributed by atoms with E-state index in [1.165, 1.54) is 27.5 Å². The number of hydrogen-bond acceptors (Lipinski definition) is 4. The van der Waals surface area contributed by atoms with Crippen LogP contribution in [0.3, 0.4) is 0 Å². The minimum atomic E-state index is 0.640. The molecule has 0 unspecified atom stereocenters. The zero-order chi connectivity index (χ0) is 30.5. The van der Waals surface area contributed by atoms with Gasteiger partial charge in [0.05, 0.1) is 5.69 Å². The summed E-state index contributed by atoms with van der Waals surface area (Å²) >= 11 is 0. The van der Waals surface area contributed by atoms with Crippen molar-refractivity contribution in [2.45, 2.75) is 0 Å². The summed E-state index contributed by atoms with van der Waals surface area (Å²) in [5.74, 6) is 1.94. The van der Waals surface area contributed by atoms with Crippen LogP contribution in [0.25, 0.3) is 89.6 Å². The third-order valence-electron chi connectivity index (χ3n) is 8.74. The molecule has 8 aromatic rings. The summed E-state index contributed by atoms with van der Waals surface area (Å²) in [6.07, 6.45) is 1.89. The lowest BCUT2D eigenvalue weighted by atomic mass is 9.89. The maximum absolute atomic E-state index is 4.98. The summed E-state index contributed by atoms with van der Waals surface area (Å²) in [5, 5.41) is 2.40. The zero-order valence-electron chi connectivity index (χ0n) is 24.8. The quantitative estimate of drug-likeness (QED) is 0.206. The monoisotopic (exact) mass is 586 g/mol. The van der Waals surface area contributed by atoms with Crippen LogP contribution in [0.4, 0.5) is 0 Å². The number of hydrogen-bond donors (Lipinski definition) is 0. The fourth-order valence-corrected chi connectivity index (χ4v) is 6.63. The molecule has 0 radical (unpaired) electrons. The summed E-state index contributed by atoms with van der Waals surface area (Å²) in [4.78, 5) is 19.7. The Kier molecular flexibility index (Phi) is 6.10. The molecule has 9 rings (SSSR count). The van der Waals surface area contributed by atoms with Crippen LogP contribution in [-0.4, -0.2) is 19.9 Å². The smallest absolute Gasteiger partial charge is 0.164 e. The molecule has 0 atom stereocenters. The highest BCUT2D eigenvalue weighted by molar-refractivity contribution is 6.16. The fourth-order valence-electron chi connectivity index (χ4n) is 6.63. The molecule has 0 amide bonds. The van der Waals surface area contributed by atoms with E-state index in [0.717, 1.165) is 44.6 Å².